The number of benzene rings is 1. The van der Waals surface area contributed by atoms with Gasteiger partial charge in [0.05, 0.1) is 5.69 Å². The second-order valence-corrected chi connectivity index (χ2v) is 5.92. The molecule has 0 saturated carbocycles. The van der Waals surface area contributed by atoms with Gasteiger partial charge in [0.25, 0.3) is 0 Å². The number of fused-ring (bicyclic) bond motifs is 1. The molecule has 1 aliphatic heterocycles. The zero-order chi connectivity index (χ0) is 12.4. The van der Waals surface area contributed by atoms with E-state index in [1.54, 1.807) is 0 Å². The lowest BCUT2D eigenvalue weighted by Gasteiger charge is -2.33. The van der Waals surface area contributed by atoms with Gasteiger partial charge >= 0.3 is 0 Å². The van der Waals surface area contributed by atoms with Crippen LogP contribution in [0, 0.1) is 6.92 Å². The molecule has 17 heavy (non-hydrogen) atoms. The van der Waals surface area contributed by atoms with Crippen molar-refractivity contribution in [2.24, 2.45) is 5.73 Å². The molecule has 4 heteroatoms. The molecular weight excluding hydrogens is 232 g/mol. The molecular formula is C13H18N2OS. The van der Waals surface area contributed by atoms with Gasteiger partial charge in [0, 0.05) is 29.7 Å². The lowest BCUT2D eigenvalue weighted by molar-refractivity contribution is -0.118. The molecule has 1 heterocycles. The van der Waals surface area contributed by atoms with Crippen LogP contribution in [-0.2, 0) is 4.79 Å². The number of carbonyl (C=O) groups excluding carboxylic acids is 1. The molecule has 3 nitrogen and oxygen atoms in total. The van der Waals surface area contributed by atoms with Crippen molar-refractivity contribution in [1.29, 1.82) is 0 Å². The first-order valence-corrected chi connectivity index (χ1v) is 6.77. The fraction of sp³-hybridized carbons (Fsp3) is 0.462. The number of nitrogens with two attached hydrogens (primary N) is 1. The first-order chi connectivity index (χ1) is 8.11. The Morgan fingerprint density at radius 3 is 3.06 bits per heavy atom. The summed E-state index contributed by atoms with van der Waals surface area (Å²) in [6, 6.07) is 6.24. The minimum atomic E-state index is 0.129. The van der Waals surface area contributed by atoms with Crippen molar-refractivity contribution in [3.05, 3.63) is 23.8 Å². The van der Waals surface area contributed by atoms with E-state index in [4.69, 9.17) is 5.73 Å². The van der Waals surface area contributed by atoms with Gasteiger partial charge in [-0.25, -0.2) is 0 Å². The van der Waals surface area contributed by atoms with Gasteiger partial charge in [-0.05, 0) is 24.6 Å². The summed E-state index contributed by atoms with van der Waals surface area (Å²) in [5.74, 6) is 0.129. The molecule has 2 rings (SSSR count). The summed E-state index contributed by atoms with van der Waals surface area (Å²) in [7, 11) is 0. The van der Waals surface area contributed by atoms with Crippen molar-refractivity contribution in [3.8, 4) is 0 Å². The van der Waals surface area contributed by atoms with Gasteiger partial charge in [-0.3, -0.25) is 4.79 Å². The summed E-state index contributed by atoms with van der Waals surface area (Å²) in [5.41, 5.74) is 7.73. The Hall–Kier alpha value is -1.00. The Bertz CT molecular complexity index is 433. The van der Waals surface area contributed by atoms with Crippen molar-refractivity contribution < 1.29 is 4.79 Å². The number of carbonyl (C=O) groups is 1. The Kier molecular flexibility index (Phi) is 3.74. The highest BCUT2D eigenvalue weighted by Gasteiger charge is 2.26. The first kappa shape index (κ1) is 12.5. The maximum Gasteiger partial charge on any atom is 0.228 e. The third kappa shape index (κ3) is 2.64. The molecule has 1 aromatic rings. The molecule has 0 bridgehead atoms. The van der Waals surface area contributed by atoms with Crippen LogP contribution in [0.25, 0.3) is 0 Å². The smallest absolute Gasteiger partial charge is 0.228 e. The molecule has 0 aromatic heterocycles. The molecule has 0 saturated heterocycles. The van der Waals surface area contributed by atoms with Crippen molar-refractivity contribution in [2.45, 2.75) is 30.4 Å². The standard InChI is InChI=1S/C13H18N2OS/c1-9-3-4-11-12(7-9)17-10(2)8-15(11)13(16)5-6-14/h3-4,7,10H,5-6,8,14H2,1-2H3. The van der Waals surface area contributed by atoms with Crippen molar-refractivity contribution >= 4 is 23.4 Å². The normalized spacial score (nSPS) is 19.0. The summed E-state index contributed by atoms with van der Waals surface area (Å²) >= 11 is 1.84. The lowest BCUT2D eigenvalue weighted by atomic mass is 10.2. The monoisotopic (exact) mass is 250 g/mol. The maximum atomic E-state index is 12.0. The summed E-state index contributed by atoms with van der Waals surface area (Å²) in [6.45, 7) is 5.42. The predicted molar refractivity (Wildman–Crippen MR) is 72.5 cm³/mol. The van der Waals surface area contributed by atoms with Crippen molar-refractivity contribution in [2.75, 3.05) is 18.0 Å². The molecule has 2 N–H and O–H groups in total. The zero-order valence-electron chi connectivity index (χ0n) is 10.3. The van der Waals surface area contributed by atoms with Crippen molar-refractivity contribution in [1.82, 2.24) is 0 Å². The number of amides is 1. The number of anilines is 1. The fourth-order valence-electron chi connectivity index (χ4n) is 2.04. The van der Waals surface area contributed by atoms with Gasteiger partial charge in [0.2, 0.25) is 5.91 Å². The topological polar surface area (TPSA) is 46.3 Å². The van der Waals surface area contributed by atoms with Crippen LogP contribution in [0.4, 0.5) is 5.69 Å². The van der Waals surface area contributed by atoms with Crippen LogP contribution in [-0.4, -0.2) is 24.2 Å². The Balaban J connectivity index is 2.34. The van der Waals surface area contributed by atoms with Crippen LogP contribution in [0.3, 0.4) is 0 Å². The Morgan fingerprint density at radius 1 is 1.59 bits per heavy atom. The second-order valence-electron chi connectivity index (χ2n) is 4.44. The van der Waals surface area contributed by atoms with Gasteiger partial charge in [-0.1, -0.05) is 13.0 Å². The molecule has 1 amide bonds. The van der Waals surface area contributed by atoms with Crippen LogP contribution in [0.2, 0.25) is 0 Å². The zero-order valence-corrected chi connectivity index (χ0v) is 11.1. The third-order valence-corrected chi connectivity index (χ3v) is 3.97. The molecule has 1 unspecified atom stereocenters. The van der Waals surface area contributed by atoms with Crippen LogP contribution in [0.15, 0.2) is 23.1 Å². The minimum absolute atomic E-state index is 0.129. The summed E-state index contributed by atoms with van der Waals surface area (Å²) in [6.07, 6.45) is 0.421. The Morgan fingerprint density at radius 2 is 2.35 bits per heavy atom. The highest BCUT2D eigenvalue weighted by molar-refractivity contribution is 8.00. The number of hydrogen-bond acceptors (Lipinski definition) is 3. The molecule has 0 fully saturated rings. The van der Waals surface area contributed by atoms with E-state index < -0.39 is 0 Å². The minimum Gasteiger partial charge on any atom is -0.330 e. The largest absolute Gasteiger partial charge is 0.330 e. The summed E-state index contributed by atoms with van der Waals surface area (Å²) < 4.78 is 0. The van der Waals surface area contributed by atoms with E-state index in [0.29, 0.717) is 18.2 Å². The summed E-state index contributed by atoms with van der Waals surface area (Å²) in [4.78, 5) is 15.1. The number of thioether (sulfide) groups is 1. The van der Waals surface area contributed by atoms with Gasteiger partial charge in [0.1, 0.15) is 0 Å². The number of hydrogen-bond donors (Lipinski definition) is 1. The molecule has 0 aliphatic carbocycles. The highest BCUT2D eigenvalue weighted by Crippen LogP contribution is 2.39. The van der Waals surface area contributed by atoms with E-state index in [9.17, 15) is 4.79 Å². The lowest BCUT2D eigenvalue weighted by Crippen LogP contribution is -2.39. The Labute approximate surface area is 106 Å². The quantitative estimate of drug-likeness (QED) is 0.875. The average Bonchev–Trinajstić information content (AvgIpc) is 2.27. The van der Waals surface area contributed by atoms with Crippen molar-refractivity contribution in [3.63, 3.8) is 0 Å². The van der Waals surface area contributed by atoms with E-state index >= 15 is 0 Å². The molecule has 0 radical (unpaired) electrons. The fourth-order valence-corrected chi connectivity index (χ4v) is 3.25. The average molecular weight is 250 g/mol. The van der Waals surface area contributed by atoms with Gasteiger partial charge in [-0.2, -0.15) is 0 Å². The van der Waals surface area contributed by atoms with Gasteiger partial charge < -0.3 is 10.6 Å². The van der Waals surface area contributed by atoms with Crippen LogP contribution >= 0.6 is 11.8 Å². The van der Waals surface area contributed by atoms with Gasteiger partial charge in [0.15, 0.2) is 0 Å². The first-order valence-electron chi connectivity index (χ1n) is 5.89. The molecule has 1 atom stereocenters. The maximum absolute atomic E-state index is 12.0. The van der Waals surface area contributed by atoms with E-state index in [0.717, 1.165) is 12.2 Å². The number of nitrogens with zero attached hydrogens (tertiary/aromatic N) is 1. The molecule has 0 spiro atoms. The molecule has 1 aliphatic rings. The predicted octanol–water partition coefficient (Wildman–Crippen LogP) is 2.17. The second kappa shape index (κ2) is 5.10. The van der Waals surface area contributed by atoms with E-state index in [1.165, 1.54) is 10.5 Å². The van der Waals surface area contributed by atoms with Crippen LogP contribution in [0.1, 0.15) is 18.9 Å². The highest BCUT2D eigenvalue weighted by atomic mass is 32.2. The van der Waals surface area contributed by atoms with Crippen LogP contribution < -0.4 is 10.6 Å². The van der Waals surface area contributed by atoms with E-state index in [1.807, 2.05) is 22.7 Å². The summed E-state index contributed by atoms with van der Waals surface area (Å²) in [5, 5.41) is 0.436. The SMILES string of the molecule is Cc1ccc2c(c1)SC(C)CN2C(=O)CCN. The van der Waals surface area contributed by atoms with Crippen LogP contribution in [0.5, 0.6) is 0 Å². The molecule has 92 valence electrons. The number of rotatable bonds is 2. The molecule has 1 aromatic carbocycles. The number of aryl methyl sites for hydroxylation is 1. The third-order valence-electron chi connectivity index (χ3n) is 2.83. The van der Waals surface area contributed by atoms with Gasteiger partial charge in [-0.15, -0.1) is 11.8 Å². The van der Waals surface area contributed by atoms with E-state index in [-0.39, 0.29) is 5.91 Å². The van der Waals surface area contributed by atoms with E-state index in [2.05, 4.69) is 26.0 Å².